The summed E-state index contributed by atoms with van der Waals surface area (Å²) in [6.07, 6.45) is 3.19. The summed E-state index contributed by atoms with van der Waals surface area (Å²) >= 11 is 7.97. The molecule has 0 radical (unpaired) electrons. The first-order valence-electron chi connectivity index (χ1n) is 8.91. The van der Waals surface area contributed by atoms with Gasteiger partial charge < -0.3 is 8.98 Å². The van der Waals surface area contributed by atoms with Crippen molar-refractivity contribution in [2.75, 3.05) is 0 Å². The zero-order valence-electron chi connectivity index (χ0n) is 14.8. The van der Waals surface area contributed by atoms with E-state index in [9.17, 15) is 4.79 Å². The van der Waals surface area contributed by atoms with E-state index in [-0.39, 0.29) is 5.63 Å². The fraction of sp³-hybridized carbons (Fsp3) is 0.421. The Morgan fingerprint density at radius 2 is 2.04 bits per heavy atom. The van der Waals surface area contributed by atoms with Gasteiger partial charge in [-0.15, -0.1) is 10.2 Å². The second-order valence-corrected chi connectivity index (χ2v) is 7.88. The van der Waals surface area contributed by atoms with Gasteiger partial charge in [0.25, 0.3) is 0 Å². The molecule has 1 aromatic carbocycles. The largest absolute Gasteiger partial charge is 0.423 e. The Hall–Kier alpha value is -1.79. The van der Waals surface area contributed by atoms with E-state index in [4.69, 9.17) is 16.0 Å². The molecule has 1 aliphatic rings. The Morgan fingerprint density at radius 1 is 1.23 bits per heavy atom. The SMILES string of the molecule is CCc1cc2oc(=O)cc(CSc3nnc(C4CC4)n3CC)c2cc1Cl. The van der Waals surface area contributed by atoms with Gasteiger partial charge in [-0.05, 0) is 49.4 Å². The summed E-state index contributed by atoms with van der Waals surface area (Å²) in [5, 5.41) is 11.2. The normalized spacial score (nSPS) is 14.3. The molecule has 1 aliphatic carbocycles. The van der Waals surface area contributed by atoms with Crippen molar-refractivity contribution in [1.29, 1.82) is 0 Å². The van der Waals surface area contributed by atoms with Crippen LogP contribution in [0.15, 0.2) is 32.6 Å². The van der Waals surface area contributed by atoms with Crippen molar-refractivity contribution in [1.82, 2.24) is 14.8 Å². The molecule has 0 spiro atoms. The van der Waals surface area contributed by atoms with Gasteiger partial charge in [0.05, 0.1) is 0 Å². The highest BCUT2D eigenvalue weighted by atomic mass is 35.5. The van der Waals surface area contributed by atoms with Crippen LogP contribution in [0.1, 0.15) is 49.6 Å². The Balaban J connectivity index is 1.67. The van der Waals surface area contributed by atoms with E-state index in [1.54, 1.807) is 17.8 Å². The summed E-state index contributed by atoms with van der Waals surface area (Å²) in [5.41, 5.74) is 2.13. The number of thioether (sulfide) groups is 1. The minimum absolute atomic E-state index is 0.340. The predicted octanol–water partition coefficient (Wildman–Crippen LogP) is 4.79. The van der Waals surface area contributed by atoms with E-state index < -0.39 is 0 Å². The third kappa shape index (κ3) is 3.28. The number of nitrogens with zero attached hydrogens (tertiary/aromatic N) is 3. The molecule has 2 aromatic heterocycles. The molecule has 26 heavy (non-hydrogen) atoms. The standard InChI is InChI=1S/C19H20ClN3O2S/c1-3-11-7-16-14(9-15(11)20)13(8-17(24)25-16)10-26-19-22-21-18(12-5-6-12)23(19)4-2/h7-9,12H,3-6,10H2,1-2H3. The molecule has 5 nitrogen and oxygen atoms in total. The smallest absolute Gasteiger partial charge is 0.336 e. The maximum absolute atomic E-state index is 12.0. The molecule has 2 heterocycles. The molecular weight excluding hydrogens is 370 g/mol. The van der Waals surface area contributed by atoms with Crippen LogP contribution in [-0.4, -0.2) is 14.8 Å². The molecule has 1 fully saturated rings. The summed E-state index contributed by atoms with van der Waals surface area (Å²) in [7, 11) is 0. The van der Waals surface area contributed by atoms with Crippen LogP contribution in [0.2, 0.25) is 5.02 Å². The van der Waals surface area contributed by atoms with Crippen molar-refractivity contribution < 1.29 is 4.42 Å². The van der Waals surface area contributed by atoms with Crippen LogP contribution in [0, 0.1) is 0 Å². The Morgan fingerprint density at radius 3 is 2.73 bits per heavy atom. The van der Waals surface area contributed by atoms with Crippen LogP contribution in [0.3, 0.4) is 0 Å². The lowest BCUT2D eigenvalue weighted by Gasteiger charge is -2.09. The van der Waals surface area contributed by atoms with Gasteiger partial charge in [0.15, 0.2) is 5.16 Å². The molecule has 0 unspecified atom stereocenters. The number of aryl methyl sites for hydroxylation is 1. The summed E-state index contributed by atoms with van der Waals surface area (Å²) in [5.74, 6) is 2.27. The van der Waals surface area contributed by atoms with Gasteiger partial charge in [0, 0.05) is 34.7 Å². The van der Waals surface area contributed by atoms with E-state index in [1.165, 1.54) is 12.8 Å². The van der Waals surface area contributed by atoms with E-state index >= 15 is 0 Å². The molecule has 0 atom stereocenters. The highest BCUT2D eigenvalue weighted by Gasteiger charge is 2.30. The number of hydrogen-bond acceptors (Lipinski definition) is 5. The molecule has 0 aliphatic heterocycles. The van der Waals surface area contributed by atoms with Gasteiger partial charge in [-0.1, -0.05) is 30.3 Å². The van der Waals surface area contributed by atoms with Crippen LogP contribution in [0.4, 0.5) is 0 Å². The maximum Gasteiger partial charge on any atom is 0.336 e. The lowest BCUT2D eigenvalue weighted by Crippen LogP contribution is -2.03. The number of rotatable bonds is 6. The van der Waals surface area contributed by atoms with Crippen LogP contribution in [0.25, 0.3) is 11.0 Å². The summed E-state index contributed by atoms with van der Waals surface area (Å²) in [6.45, 7) is 4.99. The van der Waals surface area contributed by atoms with Gasteiger partial charge in [-0.2, -0.15) is 0 Å². The monoisotopic (exact) mass is 389 g/mol. The van der Waals surface area contributed by atoms with Gasteiger partial charge in [0.2, 0.25) is 0 Å². The lowest BCUT2D eigenvalue weighted by molar-refractivity contribution is 0.559. The van der Waals surface area contributed by atoms with Crippen molar-refractivity contribution in [2.45, 2.75) is 56.5 Å². The topological polar surface area (TPSA) is 60.9 Å². The number of hydrogen-bond donors (Lipinski definition) is 0. The molecule has 0 bridgehead atoms. The molecule has 136 valence electrons. The Bertz CT molecular complexity index is 1020. The van der Waals surface area contributed by atoms with E-state index in [1.807, 2.05) is 19.1 Å². The van der Waals surface area contributed by atoms with Crippen LogP contribution in [-0.2, 0) is 18.7 Å². The maximum atomic E-state index is 12.0. The number of fused-ring (bicyclic) bond motifs is 1. The molecular formula is C19H20ClN3O2S. The minimum Gasteiger partial charge on any atom is -0.423 e. The summed E-state index contributed by atoms with van der Waals surface area (Å²) in [6, 6.07) is 5.31. The Kier molecular flexibility index (Phi) is 4.80. The molecule has 0 saturated heterocycles. The van der Waals surface area contributed by atoms with Crippen molar-refractivity contribution >= 4 is 34.3 Å². The van der Waals surface area contributed by atoms with Crippen molar-refractivity contribution in [3.05, 3.63) is 50.6 Å². The predicted molar refractivity (Wildman–Crippen MR) is 104 cm³/mol. The average Bonchev–Trinajstić information content (AvgIpc) is 3.39. The van der Waals surface area contributed by atoms with Crippen LogP contribution < -0.4 is 5.63 Å². The highest BCUT2D eigenvalue weighted by molar-refractivity contribution is 7.98. The van der Waals surface area contributed by atoms with Gasteiger partial charge in [-0.25, -0.2) is 4.79 Å². The highest BCUT2D eigenvalue weighted by Crippen LogP contribution is 2.40. The van der Waals surface area contributed by atoms with Crippen molar-refractivity contribution in [3.63, 3.8) is 0 Å². The third-order valence-corrected chi connectivity index (χ3v) is 6.11. The van der Waals surface area contributed by atoms with Crippen molar-refractivity contribution in [2.24, 2.45) is 0 Å². The first-order valence-corrected chi connectivity index (χ1v) is 10.3. The van der Waals surface area contributed by atoms with Gasteiger partial charge >= 0.3 is 5.63 Å². The molecule has 3 aromatic rings. The average molecular weight is 390 g/mol. The quantitative estimate of drug-likeness (QED) is 0.448. The van der Waals surface area contributed by atoms with E-state index in [0.717, 1.165) is 40.5 Å². The first kappa shape index (κ1) is 17.6. The molecule has 1 saturated carbocycles. The summed E-state index contributed by atoms with van der Waals surface area (Å²) < 4.78 is 7.56. The Labute approximate surface area is 160 Å². The van der Waals surface area contributed by atoms with Crippen molar-refractivity contribution in [3.8, 4) is 0 Å². The number of benzene rings is 1. The van der Waals surface area contributed by atoms with Gasteiger partial charge in [0.1, 0.15) is 11.4 Å². The summed E-state index contributed by atoms with van der Waals surface area (Å²) in [4.78, 5) is 12.0. The number of aromatic nitrogens is 3. The third-order valence-electron chi connectivity index (χ3n) is 4.74. The lowest BCUT2D eigenvalue weighted by atomic mass is 10.1. The molecule has 4 rings (SSSR count). The number of halogens is 1. The molecule has 0 N–H and O–H groups in total. The van der Waals surface area contributed by atoms with Gasteiger partial charge in [-0.3, -0.25) is 0 Å². The van der Waals surface area contributed by atoms with Crippen LogP contribution >= 0.6 is 23.4 Å². The fourth-order valence-electron chi connectivity index (χ4n) is 3.17. The van der Waals surface area contributed by atoms with E-state index in [2.05, 4.69) is 21.7 Å². The molecule has 0 amide bonds. The minimum atomic E-state index is -0.340. The zero-order valence-corrected chi connectivity index (χ0v) is 16.4. The molecule has 7 heteroatoms. The van der Waals surface area contributed by atoms with E-state index in [0.29, 0.717) is 22.3 Å². The zero-order chi connectivity index (χ0) is 18.3. The van der Waals surface area contributed by atoms with Crippen LogP contribution in [0.5, 0.6) is 0 Å². The first-order chi connectivity index (χ1) is 12.6. The second-order valence-electron chi connectivity index (χ2n) is 6.53. The fourth-order valence-corrected chi connectivity index (χ4v) is 4.47. The second kappa shape index (κ2) is 7.08.